The zero-order chi connectivity index (χ0) is 20.4. The molecule has 0 bridgehead atoms. The van der Waals surface area contributed by atoms with E-state index in [0.717, 1.165) is 18.1 Å². The minimum atomic E-state index is -4.48. The summed E-state index contributed by atoms with van der Waals surface area (Å²) in [6, 6.07) is 14.7. The van der Waals surface area contributed by atoms with E-state index in [1.54, 1.807) is 4.90 Å². The summed E-state index contributed by atoms with van der Waals surface area (Å²) in [6.07, 6.45) is -0.878. The molecule has 0 saturated carbocycles. The predicted molar refractivity (Wildman–Crippen MR) is 104 cm³/mol. The molecular formula is C22H18F3N3O. The lowest BCUT2D eigenvalue weighted by Gasteiger charge is -2.29. The fourth-order valence-electron chi connectivity index (χ4n) is 3.47. The van der Waals surface area contributed by atoms with Crippen molar-refractivity contribution in [2.75, 3.05) is 11.9 Å². The maximum Gasteiger partial charge on any atom is 0.418 e. The molecule has 0 unspecified atom stereocenters. The Hall–Kier alpha value is -3.35. The molecule has 2 heterocycles. The molecule has 3 aromatic rings. The van der Waals surface area contributed by atoms with E-state index in [-0.39, 0.29) is 11.6 Å². The molecule has 1 aliphatic rings. The van der Waals surface area contributed by atoms with Gasteiger partial charge in [0.05, 0.1) is 28.7 Å². The Labute approximate surface area is 166 Å². The van der Waals surface area contributed by atoms with Crippen LogP contribution in [0.4, 0.5) is 24.5 Å². The molecule has 148 valence electrons. The molecule has 0 aliphatic carbocycles. The average Bonchev–Trinajstić information content (AvgIpc) is 2.73. The highest BCUT2D eigenvalue weighted by molar-refractivity contribution is 5.95. The van der Waals surface area contributed by atoms with E-state index in [2.05, 4.69) is 16.4 Å². The third kappa shape index (κ3) is 4.08. The Balaban J connectivity index is 1.55. The van der Waals surface area contributed by atoms with Gasteiger partial charge in [0.15, 0.2) is 0 Å². The first kappa shape index (κ1) is 19.0. The van der Waals surface area contributed by atoms with Crippen molar-refractivity contribution in [3.63, 3.8) is 0 Å². The highest BCUT2D eigenvalue weighted by atomic mass is 19.4. The van der Waals surface area contributed by atoms with Crippen LogP contribution in [0.15, 0.2) is 67.0 Å². The maximum absolute atomic E-state index is 13.2. The van der Waals surface area contributed by atoms with Crippen molar-refractivity contribution in [1.82, 2.24) is 9.88 Å². The third-order valence-corrected chi connectivity index (χ3v) is 4.91. The van der Waals surface area contributed by atoms with Crippen LogP contribution in [0.3, 0.4) is 0 Å². The monoisotopic (exact) mass is 397 g/mol. The number of carbonyl (C=O) groups excluding carboxylic acids is 1. The van der Waals surface area contributed by atoms with E-state index in [1.807, 2.05) is 18.2 Å². The number of amides is 1. The lowest BCUT2D eigenvalue weighted by Crippen LogP contribution is -2.36. The first-order valence-corrected chi connectivity index (χ1v) is 9.16. The number of carbonyl (C=O) groups is 1. The van der Waals surface area contributed by atoms with Crippen LogP contribution >= 0.6 is 0 Å². The molecule has 29 heavy (non-hydrogen) atoms. The van der Waals surface area contributed by atoms with Crippen molar-refractivity contribution in [3.05, 3.63) is 89.2 Å². The van der Waals surface area contributed by atoms with Crippen molar-refractivity contribution >= 4 is 17.3 Å². The van der Waals surface area contributed by atoms with Crippen molar-refractivity contribution in [2.45, 2.75) is 19.1 Å². The first-order chi connectivity index (χ1) is 13.9. The molecule has 0 atom stereocenters. The molecule has 0 fully saturated rings. The normalized spacial score (nSPS) is 13.7. The predicted octanol–water partition coefficient (Wildman–Crippen LogP) is 5.04. The third-order valence-electron chi connectivity index (χ3n) is 4.91. The van der Waals surface area contributed by atoms with Crippen LogP contribution in [0.25, 0.3) is 0 Å². The van der Waals surface area contributed by atoms with E-state index in [1.165, 1.54) is 42.2 Å². The van der Waals surface area contributed by atoms with Gasteiger partial charge in [-0.2, -0.15) is 13.2 Å². The Morgan fingerprint density at radius 2 is 1.72 bits per heavy atom. The van der Waals surface area contributed by atoms with Gasteiger partial charge in [-0.15, -0.1) is 0 Å². The van der Waals surface area contributed by atoms with E-state index in [4.69, 9.17) is 0 Å². The number of benzene rings is 2. The van der Waals surface area contributed by atoms with Crippen LogP contribution in [0.1, 0.15) is 27.0 Å². The molecule has 2 aromatic carbocycles. The maximum atomic E-state index is 13.2. The molecule has 1 aliphatic heterocycles. The summed E-state index contributed by atoms with van der Waals surface area (Å²) in [4.78, 5) is 18.7. The average molecular weight is 397 g/mol. The second kappa shape index (κ2) is 7.58. The summed E-state index contributed by atoms with van der Waals surface area (Å²) in [7, 11) is 0. The van der Waals surface area contributed by atoms with Gasteiger partial charge < -0.3 is 10.2 Å². The number of aromatic nitrogens is 1. The van der Waals surface area contributed by atoms with E-state index >= 15 is 0 Å². The molecule has 0 spiro atoms. The van der Waals surface area contributed by atoms with Gasteiger partial charge in [0.2, 0.25) is 0 Å². The number of hydrogen-bond donors (Lipinski definition) is 1. The summed E-state index contributed by atoms with van der Waals surface area (Å²) < 4.78 is 39.6. The van der Waals surface area contributed by atoms with Crippen LogP contribution in [-0.2, 0) is 19.1 Å². The molecule has 1 aromatic heterocycles. The zero-order valence-electron chi connectivity index (χ0n) is 15.4. The fraction of sp³-hybridized carbons (Fsp3) is 0.182. The first-order valence-electron chi connectivity index (χ1n) is 9.16. The summed E-state index contributed by atoms with van der Waals surface area (Å²) in [5.41, 5.74) is 2.13. The molecule has 0 radical (unpaired) electrons. The molecule has 1 N–H and O–H groups in total. The van der Waals surface area contributed by atoms with Gasteiger partial charge in [-0.05, 0) is 35.7 Å². The molecule has 7 heteroatoms. The fourth-order valence-corrected chi connectivity index (χ4v) is 3.47. The summed E-state index contributed by atoms with van der Waals surface area (Å²) >= 11 is 0. The van der Waals surface area contributed by atoms with Gasteiger partial charge >= 0.3 is 6.18 Å². The van der Waals surface area contributed by atoms with Crippen LogP contribution in [0.5, 0.6) is 0 Å². The van der Waals surface area contributed by atoms with Crippen molar-refractivity contribution in [3.8, 4) is 0 Å². The second-order valence-electron chi connectivity index (χ2n) is 6.88. The van der Waals surface area contributed by atoms with Gasteiger partial charge in [-0.3, -0.25) is 9.78 Å². The van der Waals surface area contributed by atoms with Gasteiger partial charge in [-0.1, -0.05) is 36.4 Å². The summed E-state index contributed by atoms with van der Waals surface area (Å²) in [5, 5.41) is 2.74. The topological polar surface area (TPSA) is 45.2 Å². The Morgan fingerprint density at radius 1 is 1.00 bits per heavy atom. The number of hydrogen-bond acceptors (Lipinski definition) is 3. The van der Waals surface area contributed by atoms with Crippen molar-refractivity contribution in [2.24, 2.45) is 0 Å². The number of rotatable bonds is 3. The van der Waals surface area contributed by atoms with Gasteiger partial charge in [0.25, 0.3) is 5.91 Å². The number of nitrogens with one attached hydrogen (secondary N) is 1. The van der Waals surface area contributed by atoms with Gasteiger partial charge in [0, 0.05) is 19.3 Å². The number of halogens is 3. The van der Waals surface area contributed by atoms with Crippen LogP contribution < -0.4 is 5.32 Å². The smallest absolute Gasteiger partial charge is 0.354 e. The largest absolute Gasteiger partial charge is 0.418 e. The van der Waals surface area contributed by atoms with Crippen molar-refractivity contribution in [1.29, 1.82) is 0 Å². The van der Waals surface area contributed by atoms with Crippen molar-refractivity contribution < 1.29 is 18.0 Å². The van der Waals surface area contributed by atoms with Gasteiger partial charge in [-0.25, -0.2) is 0 Å². The number of para-hydroxylation sites is 1. The lowest BCUT2D eigenvalue weighted by molar-refractivity contribution is -0.136. The van der Waals surface area contributed by atoms with E-state index in [9.17, 15) is 18.0 Å². The number of alkyl halides is 3. The number of anilines is 2. The Kier molecular flexibility index (Phi) is 4.96. The summed E-state index contributed by atoms with van der Waals surface area (Å²) in [6.45, 7) is 1.09. The molecule has 0 saturated heterocycles. The molecule has 4 nitrogen and oxygen atoms in total. The minimum Gasteiger partial charge on any atom is -0.354 e. The molecule has 4 rings (SSSR count). The van der Waals surface area contributed by atoms with Crippen LogP contribution in [0, 0.1) is 0 Å². The highest BCUT2D eigenvalue weighted by Gasteiger charge is 2.33. The quantitative estimate of drug-likeness (QED) is 0.673. The van der Waals surface area contributed by atoms with Crippen LogP contribution in [-0.4, -0.2) is 22.3 Å². The van der Waals surface area contributed by atoms with E-state index < -0.39 is 11.7 Å². The van der Waals surface area contributed by atoms with E-state index in [0.29, 0.717) is 24.3 Å². The number of nitrogens with zero attached hydrogens (tertiary/aromatic N) is 2. The minimum absolute atomic E-state index is 0.0849. The zero-order valence-corrected chi connectivity index (χ0v) is 15.4. The highest BCUT2D eigenvalue weighted by Crippen LogP contribution is 2.35. The molecular weight excluding hydrogens is 379 g/mol. The molecule has 1 amide bonds. The Bertz CT molecular complexity index is 1050. The number of fused-ring (bicyclic) bond motifs is 1. The summed E-state index contributed by atoms with van der Waals surface area (Å²) in [5.74, 6) is -0.195. The van der Waals surface area contributed by atoms with Crippen LogP contribution in [0.2, 0.25) is 0 Å². The lowest BCUT2D eigenvalue weighted by atomic mass is 9.99. The Morgan fingerprint density at radius 3 is 2.52 bits per heavy atom. The van der Waals surface area contributed by atoms with Gasteiger partial charge in [0.1, 0.15) is 0 Å². The standard InChI is InChI=1S/C22H18F3N3O/c23-22(24,25)19-7-3-4-8-20(19)27-18-11-17(12-26-13-18)21(29)28-10-9-15-5-1-2-6-16(15)14-28/h1-8,11-13,27H,9-10,14H2. The number of pyridine rings is 1. The second-order valence-corrected chi connectivity index (χ2v) is 6.88. The SMILES string of the molecule is O=C(c1cncc(Nc2ccccc2C(F)(F)F)c1)N1CCc2ccccc2C1.